The molecule has 0 saturated heterocycles. The van der Waals surface area contributed by atoms with E-state index in [0.717, 1.165) is 30.2 Å². The van der Waals surface area contributed by atoms with E-state index >= 15 is 0 Å². The summed E-state index contributed by atoms with van der Waals surface area (Å²) >= 11 is 1.71. The third-order valence-corrected chi connectivity index (χ3v) is 3.33. The molecule has 2 aromatic heterocycles. The molecular weight excluding hydrogens is 230 g/mol. The number of rotatable bonds is 5. The van der Waals surface area contributed by atoms with Crippen LogP contribution in [0.25, 0.3) is 0 Å². The van der Waals surface area contributed by atoms with Crippen molar-refractivity contribution in [2.45, 2.75) is 26.8 Å². The molecule has 4 heteroatoms. The fraction of sp³-hybridized carbons (Fsp3) is 0.385. The van der Waals surface area contributed by atoms with Gasteiger partial charge in [0.2, 0.25) is 0 Å². The Labute approximate surface area is 106 Å². The average molecular weight is 247 g/mol. The molecule has 0 aliphatic heterocycles. The molecule has 0 fully saturated rings. The summed E-state index contributed by atoms with van der Waals surface area (Å²) in [5, 5.41) is 6.65. The molecule has 17 heavy (non-hydrogen) atoms. The Balaban J connectivity index is 1.71. The fourth-order valence-electron chi connectivity index (χ4n) is 1.56. The van der Waals surface area contributed by atoms with Crippen LogP contribution in [0.4, 0.5) is 0 Å². The van der Waals surface area contributed by atoms with E-state index in [9.17, 15) is 0 Å². The second-order valence-corrected chi connectivity index (χ2v) is 5.17. The van der Waals surface area contributed by atoms with Crippen molar-refractivity contribution < 1.29 is 0 Å². The summed E-state index contributed by atoms with van der Waals surface area (Å²) in [4.78, 5) is 8.78. The number of hydrogen-bond acceptors (Lipinski definition) is 4. The van der Waals surface area contributed by atoms with Crippen LogP contribution in [0.5, 0.6) is 0 Å². The topological polar surface area (TPSA) is 37.8 Å². The highest BCUT2D eigenvalue weighted by Gasteiger charge is 1.98. The molecular formula is C13H17N3S. The van der Waals surface area contributed by atoms with Crippen LogP contribution < -0.4 is 5.32 Å². The van der Waals surface area contributed by atoms with E-state index in [1.54, 1.807) is 11.3 Å². The smallest absolute Gasteiger partial charge is 0.0897 e. The van der Waals surface area contributed by atoms with E-state index in [1.165, 1.54) is 11.3 Å². The zero-order valence-electron chi connectivity index (χ0n) is 10.2. The normalized spacial score (nSPS) is 10.7. The Morgan fingerprint density at radius 1 is 1.24 bits per heavy atom. The molecule has 2 aromatic rings. The summed E-state index contributed by atoms with van der Waals surface area (Å²) in [6.45, 7) is 5.86. The van der Waals surface area contributed by atoms with Crippen molar-refractivity contribution in [3.05, 3.63) is 45.7 Å². The van der Waals surface area contributed by atoms with Gasteiger partial charge in [-0.15, -0.1) is 11.3 Å². The molecule has 0 atom stereocenters. The van der Waals surface area contributed by atoms with E-state index in [-0.39, 0.29) is 0 Å². The van der Waals surface area contributed by atoms with Gasteiger partial charge in [-0.05, 0) is 25.5 Å². The van der Waals surface area contributed by atoms with Crippen molar-refractivity contribution in [3.63, 3.8) is 0 Å². The highest BCUT2D eigenvalue weighted by Crippen LogP contribution is 2.07. The molecule has 0 spiro atoms. The van der Waals surface area contributed by atoms with Crippen LogP contribution in [0.15, 0.2) is 23.7 Å². The summed E-state index contributed by atoms with van der Waals surface area (Å²) in [6, 6.07) is 4.16. The van der Waals surface area contributed by atoms with Crippen LogP contribution in [0.2, 0.25) is 0 Å². The van der Waals surface area contributed by atoms with Crippen molar-refractivity contribution >= 4 is 11.3 Å². The Bertz CT molecular complexity index is 462. The Kier molecular flexibility index (Phi) is 4.23. The van der Waals surface area contributed by atoms with Crippen molar-refractivity contribution in [2.24, 2.45) is 0 Å². The number of nitrogens with one attached hydrogen (secondary N) is 1. The van der Waals surface area contributed by atoms with Crippen molar-refractivity contribution in [1.29, 1.82) is 0 Å². The predicted octanol–water partition coefficient (Wildman–Crippen LogP) is 2.49. The number of nitrogens with zero attached hydrogens (tertiary/aromatic N) is 2. The lowest BCUT2D eigenvalue weighted by Gasteiger charge is -2.03. The van der Waals surface area contributed by atoms with Gasteiger partial charge in [0.25, 0.3) is 0 Å². The van der Waals surface area contributed by atoms with Gasteiger partial charge in [0, 0.05) is 31.1 Å². The zero-order valence-corrected chi connectivity index (χ0v) is 11.0. The van der Waals surface area contributed by atoms with Crippen LogP contribution in [0.3, 0.4) is 0 Å². The summed E-state index contributed by atoms with van der Waals surface area (Å²) in [7, 11) is 0. The monoisotopic (exact) mass is 247 g/mol. The van der Waals surface area contributed by atoms with Crippen LogP contribution in [0.1, 0.15) is 22.0 Å². The molecule has 0 amide bonds. The second-order valence-electron chi connectivity index (χ2n) is 4.11. The maximum absolute atomic E-state index is 4.43. The standard InChI is InChI=1S/C13H17N3S/c1-10-3-4-12(15-7-10)8-14-6-5-13-9-17-11(2)16-13/h3-4,7,9,14H,5-6,8H2,1-2H3. The lowest BCUT2D eigenvalue weighted by molar-refractivity contribution is 0.669. The first kappa shape index (κ1) is 12.2. The molecule has 3 nitrogen and oxygen atoms in total. The minimum Gasteiger partial charge on any atom is -0.311 e. The van der Waals surface area contributed by atoms with Gasteiger partial charge in [0.05, 0.1) is 16.4 Å². The van der Waals surface area contributed by atoms with Gasteiger partial charge in [0.15, 0.2) is 0 Å². The summed E-state index contributed by atoms with van der Waals surface area (Å²) in [5.74, 6) is 0. The van der Waals surface area contributed by atoms with E-state index < -0.39 is 0 Å². The van der Waals surface area contributed by atoms with E-state index in [2.05, 4.69) is 39.7 Å². The van der Waals surface area contributed by atoms with Crippen molar-refractivity contribution in [1.82, 2.24) is 15.3 Å². The highest BCUT2D eigenvalue weighted by molar-refractivity contribution is 7.09. The quantitative estimate of drug-likeness (QED) is 0.825. The first-order valence-corrected chi connectivity index (χ1v) is 6.65. The van der Waals surface area contributed by atoms with Crippen LogP contribution in [-0.2, 0) is 13.0 Å². The van der Waals surface area contributed by atoms with Crippen LogP contribution in [0, 0.1) is 13.8 Å². The minimum atomic E-state index is 0.823. The maximum atomic E-state index is 4.43. The van der Waals surface area contributed by atoms with Gasteiger partial charge in [0.1, 0.15) is 0 Å². The second kappa shape index (κ2) is 5.89. The first-order chi connectivity index (χ1) is 8.24. The largest absolute Gasteiger partial charge is 0.311 e. The van der Waals surface area contributed by atoms with E-state index in [1.807, 2.05) is 13.1 Å². The number of hydrogen-bond donors (Lipinski definition) is 1. The molecule has 0 aliphatic rings. The summed E-state index contributed by atoms with van der Waals surface area (Å²) in [5.41, 5.74) is 3.47. The fourth-order valence-corrected chi connectivity index (χ4v) is 2.21. The van der Waals surface area contributed by atoms with Crippen molar-refractivity contribution in [3.8, 4) is 0 Å². The van der Waals surface area contributed by atoms with E-state index in [0.29, 0.717) is 0 Å². The summed E-state index contributed by atoms with van der Waals surface area (Å²) < 4.78 is 0. The molecule has 0 unspecified atom stereocenters. The zero-order chi connectivity index (χ0) is 12.1. The lowest BCUT2D eigenvalue weighted by Crippen LogP contribution is -2.17. The van der Waals surface area contributed by atoms with Crippen LogP contribution in [-0.4, -0.2) is 16.5 Å². The maximum Gasteiger partial charge on any atom is 0.0897 e. The minimum absolute atomic E-state index is 0.823. The predicted molar refractivity (Wildman–Crippen MR) is 71.2 cm³/mol. The number of thiazole rings is 1. The van der Waals surface area contributed by atoms with E-state index in [4.69, 9.17) is 0 Å². The third-order valence-electron chi connectivity index (χ3n) is 2.50. The Morgan fingerprint density at radius 2 is 2.12 bits per heavy atom. The summed E-state index contributed by atoms with van der Waals surface area (Å²) in [6.07, 6.45) is 2.89. The highest BCUT2D eigenvalue weighted by atomic mass is 32.1. The van der Waals surface area contributed by atoms with Gasteiger partial charge in [-0.1, -0.05) is 6.07 Å². The lowest BCUT2D eigenvalue weighted by atomic mass is 10.2. The molecule has 1 N–H and O–H groups in total. The van der Waals surface area contributed by atoms with Gasteiger partial charge in [-0.2, -0.15) is 0 Å². The average Bonchev–Trinajstić information content (AvgIpc) is 2.73. The van der Waals surface area contributed by atoms with Gasteiger partial charge in [-0.25, -0.2) is 4.98 Å². The van der Waals surface area contributed by atoms with Gasteiger partial charge >= 0.3 is 0 Å². The Hall–Kier alpha value is -1.26. The SMILES string of the molecule is Cc1ccc(CNCCc2csc(C)n2)nc1. The molecule has 0 saturated carbocycles. The van der Waals surface area contributed by atoms with Crippen LogP contribution >= 0.6 is 11.3 Å². The number of aryl methyl sites for hydroxylation is 2. The number of pyridine rings is 1. The molecule has 0 aliphatic carbocycles. The molecule has 0 aromatic carbocycles. The first-order valence-electron chi connectivity index (χ1n) is 5.77. The van der Waals surface area contributed by atoms with Gasteiger partial charge in [-0.3, -0.25) is 4.98 Å². The van der Waals surface area contributed by atoms with Gasteiger partial charge < -0.3 is 5.32 Å². The molecule has 2 rings (SSSR count). The Morgan fingerprint density at radius 3 is 2.76 bits per heavy atom. The number of aromatic nitrogens is 2. The molecule has 0 bridgehead atoms. The molecule has 90 valence electrons. The molecule has 0 radical (unpaired) electrons. The van der Waals surface area contributed by atoms with Crippen molar-refractivity contribution in [2.75, 3.05) is 6.54 Å². The third kappa shape index (κ3) is 3.91. The molecule has 2 heterocycles.